The van der Waals surface area contributed by atoms with Gasteiger partial charge >= 0.3 is 5.97 Å². The van der Waals surface area contributed by atoms with Gasteiger partial charge in [-0.2, -0.15) is 0 Å². The first-order chi connectivity index (χ1) is 25.5. The lowest BCUT2D eigenvalue weighted by molar-refractivity contribution is -0.145. The number of nitrogens with one attached hydrogen (secondary N) is 3. The number of carbonyl (C=O) groups excluding carboxylic acids is 2. The number of carbonyl (C=O) groups is 3. The highest BCUT2D eigenvalue weighted by atomic mass is 79.9. The molecule has 4 aromatic rings. The van der Waals surface area contributed by atoms with Crippen LogP contribution in [-0.4, -0.2) is 91.1 Å². The van der Waals surface area contributed by atoms with Crippen LogP contribution in [0.1, 0.15) is 47.5 Å². The number of aliphatic carboxylic acids is 1. The van der Waals surface area contributed by atoms with Gasteiger partial charge in [0.1, 0.15) is 40.9 Å². The van der Waals surface area contributed by atoms with Crippen molar-refractivity contribution in [2.45, 2.75) is 77.2 Å². The van der Waals surface area contributed by atoms with Crippen molar-refractivity contribution in [3.05, 3.63) is 58.9 Å². The SMILES string of the molecule is C=C[C@@H]1C[C@]1(NC(=O)[C@@H]1C[C@@H](Oc2cc(-c3csc(NC(C)C)n3)nc3c(Br)c(OC)ccc23)CN1C(=O)[C@@H](Nc1ncc(F)cn1)C(C)(C)C)C(=O)O. The summed E-state index contributed by atoms with van der Waals surface area (Å²) < 4.78 is 26.5. The lowest BCUT2D eigenvalue weighted by Crippen LogP contribution is -2.57. The number of rotatable bonds is 13. The largest absolute Gasteiger partial charge is 0.495 e. The standard InChI is InChI=1S/C37H42BrFN8O6S/c1-8-19-13-37(19,33(50)51)46-31(48)25-11-21(16-47(25)32(49)30(36(4,5)6)45-34-40-14-20(39)15-41-34)53-27-12-23(24-17-54-35(44-24)42-18(2)3)43-29-22(27)9-10-26(52-7)28(29)38/h8-10,12,14-15,17-19,21,25,30H,1,11,13,16H2,2-7H3,(H,42,44)(H,46,48)(H,50,51)(H,40,41,45)/t19-,21-,25+,30-,37-/m1/s1. The highest BCUT2D eigenvalue weighted by Crippen LogP contribution is 2.45. The van der Waals surface area contributed by atoms with Crippen LogP contribution in [0.5, 0.6) is 11.5 Å². The molecule has 6 rings (SSSR count). The fourth-order valence-electron chi connectivity index (χ4n) is 6.50. The van der Waals surface area contributed by atoms with Crippen molar-refractivity contribution in [3.8, 4) is 22.9 Å². The van der Waals surface area contributed by atoms with Crippen LogP contribution in [0.15, 0.2) is 53.1 Å². The van der Waals surface area contributed by atoms with Crippen LogP contribution in [0, 0.1) is 17.2 Å². The Labute approximate surface area is 324 Å². The number of nitrogens with zero attached hydrogens (tertiary/aromatic N) is 5. The molecule has 1 aliphatic carbocycles. The molecule has 17 heteroatoms. The molecule has 1 saturated carbocycles. The Balaban J connectivity index is 1.37. The van der Waals surface area contributed by atoms with Crippen molar-refractivity contribution in [1.29, 1.82) is 0 Å². The van der Waals surface area contributed by atoms with Gasteiger partial charge in [0.25, 0.3) is 0 Å². The monoisotopic (exact) mass is 824 g/mol. The van der Waals surface area contributed by atoms with Crippen LogP contribution >= 0.6 is 27.3 Å². The minimum absolute atomic E-state index is 0.0178. The Kier molecular flexibility index (Phi) is 10.8. The normalized spacial score (nSPS) is 21.4. The molecule has 3 aromatic heterocycles. The van der Waals surface area contributed by atoms with E-state index in [0.29, 0.717) is 38.3 Å². The molecular weight excluding hydrogens is 783 g/mol. The molecule has 5 atom stereocenters. The number of hydrogen-bond donors (Lipinski definition) is 4. The number of benzene rings is 1. The van der Waals surface area contributed by atoms with E-state index in [1.165, 1.54) is 22.3 Å². The zero-order chi connectivity index (χ0) is 39.1. The number of likely N-dealkylation sites (tertiary alicyclic amines) is 1. The van der Waals surface area contributed by atoms with Crippen molar-refractivity contribution in [1.82, 2.24) is 30.2 Å². The summed E-state index contributed by atoms with van der Waals surface area (Å²) in [5.74, 6) is -2.36. The molecule has 0 spiro atoms. The predicted octanol–water partition coefficient (Wildman–Crippen LogP) is 5.90. The number of methoxy groups -OCH3 is 1. The number of amides is 2. The summed E-state index contributed by atoms with van der Waals surface area (Å²) in [4.78, 5) is 60.1. The molecule has 286 valence electrons. The van der Waals surface area contributed by atoms with Crippen LogP contribution < -0.4 is 25.4 Å². The molecular formula is C37H42BrFN8O6S. The van der Waals surface area contributed by atoms with Crippen molar-refractivity contribution in [2.75, 3.05) is 24.3 Å². The Morgan fingerprint density at radius 2 is 1.87 bits per heavy atom. The third-order valence-electron chi connectivity index (χ3n) is 9.42. The van der Waals surface area contributed by atoms with Crippen LogP contribution in [0.3, 0.4) is 0 Å². The summed E-state index contributed by atoms with van der Waals surface area (Å²) in [7, 11) is 1.56. The van der Waals surface area contributed by atoms with Gasteiger partial charge in [-0.1, -0.05) is 26.8 Å². The van der Waals surface area contributed by atoms with Gasteiger partial charge in [-0.15, -0.1) is 17.9 Å². The number of carboxylic acids is 1. The first kappa shape index (κ1) is 38.8. The molecule has 1 aliphatic heterocycles. The molecule has 1 aromatic carbocycles. The third-order valence-corrected chi connectivity index (χ3v) is 11.0. The second-order valence-corrected chi connectivity index (χ2v) is 16.4. The Bertz CT molecular complexity index is 2090. The maximum absolute atomic E-state index is 14.6. The maximum atomic E-state index is 14.6. The second kappa shape index (κ2) is 15.1. The number of halogens is 2. The Morgan fingerprint density at radius 1 is 1.15 bits per heavy atom. The summed E-state index contributed by atoms with van der Waals surface area (Å²) in [6, 6.07) is 3.48. The number of anilines is 2. The van der Waals surface area contributed by atoms with E-state index >= 15 is 0 Å². The molecule has 0 bridgehead atoms. The van der Waals surface area contributed by atoms with E-state index in [2.05, 4.69) is 48.4 Å². The zero-order valence-corrected chi connectivity index (χ0v) is 33.0. The number of pyridine rings is 1. The van der Waals surface area contributed by atoms with Crippen molar-refractivity contribution in [2.24, 2.45) is 11.3 Å². The number of hydrogen-bond acceptors (Lipinski definition) is 12. The number of thiazole rings is 1. The van der Waals surface area contributed by atoms with E-state index in [4.69, 9.17) is 19.4 Å². The van der Waals surface area contributed by atoms with Crippen molar-refractivity contribution < 1.29 is 33.4 Å². The number of ether oxygens (including phenoxy) is 2. The molecule has 0 unspecified atom stereocenters. The van der Waals surface area contributed by atoms with Gasteiger partial charge < -0.3 is 35.4 Å². The van der Waals surface area contributed by atoms with Gasteiger partial charge in [-0.25, -0.2) is 29.1 Å². The minimum Gasteiger partial charge on any atom is -0.495 e. The number of fused-ring (bicyclic) bond motifs is 1. The van der Waals surface area contributed by atoms with Crippen LogP contribution in [0.25, 0.3) is 22.3 Å². The number of aromatic nitrogens is 4. The first-order valence-electron chi connectivity index (χ1n) is 17.3. The maximum Gasteiger partial charge on any atom is 0.330 e. The molecule has 2 amide bonds. The highest BCUT2D eigenvalue weighted by molar-refractivity contribution is 9.10. The molecule has 2 fully saturated rings. The lowest BCUT2D eigenvalue weighted by Gasteiger charge is -2.35. The summed E-state index contributed by atoms with van der Waals surface area (Å²) >= 11 is 5.09. The topological polar surface area (TPSA) is 181 Å². The summed E-state index contributed by atoms with van der Waals surface area (Å²) in [5.41, 5.74) is -0.553. The van der Waals surface area contributed by atoms with Crippen molar-refractivity contribution in [3.63, 3.8) is 0 Å². The Morgan fingerprint density at radius 3 is 2.48 bits per heavy atom. The predicted molar refractivity (Wildman–Crippen MR) is 206 cm³/mol. The number of carboxylic acid groups (broad SMARTS) is 1. The van der Waals surface area contributed by atoms with Gasteiger partial charge in [0.15, 0.2) is 10.9 Å². The second-order valence-electron chi connectivity index (χ2n) is 14.8. The molecule has 1 saturated heterocycles. The van der Waals surface area contributed by atoms with Gasteiger partial charge in [0, 0.05) is 35.2 Å². The first-order valence-corrected chi connectivity index (χ1v) is 19.0. The average Bonchev–Trinajstić information content (AvgIpc) is 3.39. The van der Waals surface area contributed by atoms with E-state index in [1.807, 2.05) is 46.1 Å². The zero-order valence-electron chi connectivity index (χ0n) is 30.6. The fraction of sp³-hybridized carbons (Fsp3) is 0.432. The van der Waals surface area contributed by atoms with E-state index in [-0.39, 0.29) is 31.4 Å². The van der Waals surface area contributed by atoms with Gasteiger partial charge in [0.2, 0.25) is 17.8 Å². The van der Waals surface area contributed by atoms with Gasteiger partial charge in [-0.05, 0) is 53.7 Å². The summed E-state index contributed by atoms with van der Waals surface area (Å²) in [6.07, 6.45) is 2.99. The molecule has 0 radical (unpaired) electrons. The average molecular weight is 826 g/mol. The van der Waals surface area contributed by atoms with E-state index < -0.39 is 58.7 Å². The molecule has 54 heavy (non-hydrogen) atoms. The van der Waals surface area contributed by atoms with Gasteiger partial charge in [-0.3, -0.25) is 9.59 Å². The van der Waals surface area contributed by atoms with Crippen molar-refractivity contribution >= 4 is 67.0 Å². The van der Waals surface area contributed by atoms with E-state index in [0.717, 1.165) is 17.5 Å². The molecule has 2 aliphatic rings. The highest BCUT2D eigenvalue weighted by Gasteiger charge is 2.61. The molecule has 4 N–H and O–H groups in total. The van der Waals surface area contributed by atoms with E-state index in [1.54, 1.807) is 19.2 Å². The quantitative estimate of drug-likeness (QED) is 0.118. The van der Waals surface area contributed by atoms with Crippen LogP contribution in [0.4, 0.5) is 15.5 Å². The Hall–Kier alpha value is -4.90. The smallest absolute Gasteiger partial charge is 0.330 e. The van der Waals surface area contributed by atoms with Gasteiger partial charge in [0.05, 0.1) is 41.7 Å². The third kappa shape index (κ3) is 7.83. The molecule has 14 nitrogen and oxygen atoms in total. The fourth-order valence-corrected chi connectivity index (χ4v) is 7.95. The lowest BCUT2D eigenvalue weighted by atomic mass is 9.85. The summed E-state index contributed by atoms with van der Waals surface area (Å²) in [6.45, 7) is 13.2. The minimum atomic E-state index is -1.52. The summed E-state index contributed by atoms with van der Waals surface area (Å²) in [5, 5.41) is 22.4. The van der Waals surface area contributed by atoms with Crippen LogP contribution in [0.2, 0.25) is 0 Å². The molecule has 4 heterocycles. The van der Waals surface area contributed by atoms with E-state index in [9.17, 15) is 23.9 Å². The van der Waals surface area contributed by atoms with Crippen LogP contribution in [-0.2, 0) is 14.4 Å².